The number of halogens is 1. The summed E-state index contributed by atoms with van der Waals surface area (Å²) in [4.78, 5) is 27.8. The van der Waals surface area contributed by atoms with E-state index in [4.69, 9.17) is 9.26 Å². The van der Waals surface area contributed by atoms with Gasteiger partial charge in [0.25, 0.3) is 5.91 Å². The van der Waals surface area contributed by atoms with Gasteiger partial charge >= 0.3 is 11.8 Å². The third kappa shape index (κ3) is 5.61. The number of amides is 2. The first-order chi connectivity index (χ1) is 14.0. The summed E-state index contributed by atoms with van der Waals surface area (Å²) in [6.45, 7) is 2.15. The Morgan fingerprint density at radius 2 is 1.79 bits per heavy atom. The van der Waals surface area contributed by atoms with Crippen molar-refractivity contribution in [1.29, 1.82) is 0 Å². The second-order valence-electron chi connectivity index (χ2n) is 6.09. The Balaban J connectivity index is 1.39. The number of nitrogens with one attached hydrogen (secondary N) is 2. The molecule has 3 rings (SSSR count). The monoisotopic (exact) mass is 398 g/mol. The smallest absolute Gasteiger partial charge is 0.316 e. The van der Waals surface area contributed by atoms with Crippen LogP contribution in [-0.2, 0) is 4.79 Å². The molecule has 0 aliphatic rings. The molecule has 9 heteroatoms. The number of hydrogen-bond donors (Lipinski definition) is 2. The molecule has 0 saturated heterocycles. The van der Waals surface area contributed by atoms with Crippen LogP contribution in [0.15, 0.2) is 53.1 Å². The van der Waals surface area contributed by atoms with E-state index in [-0.39, 0.29) is 43.1 Å². The Labute approximate surface area is 166 Å². The van der Waals surface area contributed by atoms with Gasteiger partial charge in [0.1, 0.15) is 11.6 Å². The first-order valence-electron chi connectivity index (χ1n) is 8.86. The van der Waals surface area contributed by atoms with Gasteiger partial charge in [-0.25, -0.2) is 4.39 Å². The van der Waals surface area contributed by atoms with Crippen molar-refractivity contribution in [2.75, 3.05) is 19.7 Å². The average molecular weight is 398 g/mol. The third-order valence-electron chi connectivity index (χ3n) is 3.91. The Morgan fingerprint density at radius 3 is 2.55 bits per heavy atom. The number of aryl methyl sites for hydroxylation is 1. The first-order valence-corrected chi connectivity index (χ1v) is 8.86. The molecule has 0 bridgehead atoms. The van der Waals surface area contributed by atoms with Gasteiger partial charge in [-0.2, -0.15) is 4.98 Å². The van der Waals surface area contributed by atoms with Crippen molar-refractivity contribution in [3.05, 3.63) is 65.8 Å². The number of rotatable bonds is 8. The van der Waals surface area contributed by atoms with E-state index in [1.807, 2.05) is 25.1 Å². The molecule has 0 radical (unpaired) electrons. The molecule has 0 aliphatic heterocycles. The largest absolute Gasteiger partial charge is 0.484 e. The Kier molecular flexibility index (Phi) is 6.51. The van der Waals surface area contributed by atoms with Gasteiger partial charge in [-0.3, -0.25) is 9.59 Å². The zero-order valence-electron chi connectivity index (χ0n) is 15.6. The highest BCUT2D eigenvalue weighted by molar-refractivity contribution is 5.89. The summed E-state index contributed by atoms with van der Waals surface area (Å²) in [7, 11) is 0. The van der Waals surface area contributed by atoms with Crippen molar-refractivity contribution in [3.63, 3.8) is 0 Å². The van der Waals surface area contributed by atoms with Crippen LogP contribution in [0.25, 0.3) is 11.4 Å². The van der Waals surface area contributed by atoms with Crippen molar-refractivity contribution in [3.8, 4) is 17.1 Å². The zero-order chi connectivity index (χ0) is 20.6. The summed E-state index contributed by atoms with van der Waals surface area (Å²) in [6.07, 6.45) is 0. The Bertz CT molecular complexity index is 988. The third-order valence-corrected chi connectivity index (χ3v) is 3.91. The SMILES string of the molecule is Cc1ccccc1OCC(=O)NCCNC(=O)c1nc(-c2ccc(F)cc2)no1. The summed E-state index contributed by atoms with van der Waals surface area (Å²) in [5.41, 5.74) is 1.46. The van der Waals surface area contributed by atoms with Crippen LogP contribution in [0.5, 0.6) is 5.75 Å². The molecule has 29 heavy (non-hydrogen) atoms. The van der Waals surface area contributed by atoms with Crippen LogP contribution in [0.1, 0.15) is 16.2 Å². The minimum atomic E-state index is -0.573. The van der Waals surface area contributed by atoms with Crippen molar-refractivity contribution in [1.82, 2.24) is 20.8 Å². The fourth-order valence-electron chi connectivity index (χ4n) is 2.40. The summed E-state index contributed by atoms with van der Waals surface area (Å²) in [5, 5.41) is 8.89. The van der Waals surface area contributed by atoms with Crippen LogP contribution in [-0.4, -0.2) is 41.7 Å². The maximum atomic E-state index is 13.0. The summed E-state index contributed by atoms with van der Waals surface area (Å²) in [5.74, 6) is -0.670. The molecule has 1 heterocycles. The van der Waals surface area contributed by atoms with Gasteiger partial charge in [0.05, 0.1) is 0 Å². The second kappa shape index (κ2) is 9.45. The maximum absolute atomic E-state index is 13.0. The van der Waals surface area contributed by atoms with Gasteiger partial charge in [-0.15, -0.1) is 0 Å². The van der Waals surface area contributed by atoms with Crippen molar-refractivity contribution in [2.45, 2.75) is 6.92 Å². The topological polar surface area (TPSA) is 106 Å². The number of nitrogens with zero attached hydrogens (tertiary/aromatic N) is 2. The van der Waals surface area contributed by atoms with E-state index in [0.717, 1.165) is 5.56 Å². The molecule has 0 unspecified atom stereocenters. The van der Waals surface area contributed by atoms with E-state index in [2.05, 4.69) is 20.8 Å². The molecule has 0 aliphatic carbocycles. The van der Waals surface area contributed by atoms with Crippen LogP contribution < -0.4 is 15.4 Å². The van der Waals surface area contributed by atoms with Gasteiger partial charge in [0, 0.05) is 18.7 Å². The number of carbonyl (C=O) groups is 2. The molecule has 1 aromatic heterocycles. The summed E-state index contributed by atoms with van der Waals surface area (Å²) in [6, 6.07) is 12.9. The highest BCUT2D eigenvalue weighted by Crippen LogP contribution is 2.16. The van der Waals surface area contributed by atoms with Gasteiger partial charge in [-0.1, -0.05) is 23.4 Å². The Morgan fingerprint density at radius 1 is 1.07 bits per heavy atom. The predicted molar refractivity (Wildman–Crippen MR) is 102 cm³/mol. The summed E-state index contributed by atoms with van der Waals surface area (Å²) < 4.78 is 23.3. The van der Waals surface area contributed by atoms with Gasteiger partial charge in [-0.05, 0) is 42.8 Å². The lowest BCUT2D eigenvalue weighted by Gasteiger charge is -2.09. The predicted octanol–water partition coefficient (Wildman–Crippen LogP) is 2.11. The molecule has 0 saturated carbocycles. The number of ether oxygens (including phenoxy) is 1. The van der Waals surface area contributed by atoms with Crippen LogP contribution in [0.2, 0.25) is 0 Å². The molecule has 0 fully saturated rings. The first kappa shape index (κ1) is 20.0. The average Bonchev–Trinajstić information content (AvgIpc) is 3.21. The van der Waals surface area contributed by atoms with Gasteiger partial charge < -0.3 is 19.9 Å². The standard InChI is InChI=1S/C20H19FN4O4/c1-13-4-2-3-5-16(13)28-12-17(26)22-10-11-23-19(27)20-24-18(25-29-20)14-6-8-15(21)9-7-14/h2-9H,10-12H2,1H3,(H,22,26)(H,23,27). The number of carbonyl (C=O) groups excluding carboxylic acids is 2. The van der Waals surface area contributed by atoms with Crippen molar-refractivity contribution < 1.29 is 23.2 Å². The van der Waals surface area contributed by atoms with E-state index in [9.17, 15) is 14.0 Å². The quantitative estimate of drug-likeness (QED) is 0.563. The molecule has 150 valence electrons. The minimum Gasteiger partial charge on any atom is -0.484 e. The van der Waals surface area contributed by atoms with E-state index in [0.29, 0.717) is 11.3 Å². The molecule has 8 nitrogen and oxygen atoms in total. The Hall–Kier alpha value is -3.75. The fourth-order valence-corrected chi connectivity index (χ4v) is 2.40. The number of hydrogen-bond acceptors (Lipinski definition) is 6. The van der Waals surface area contributed by atoms with Crippen LogP contribution in [0.3, 0.4) is 0 Å². The molecule has 2 N–H and O–H groups in total. The van der Waals surface area contributed by atoms with Gasteiger partial charge in [0.2, 0.25) is 5.82 Å². The molecule has 0 spiro atoms. The highest BCUT2D eigenvalue weighted by atomic mass is 19.1. The van der Waals surface area contributed by atoms with E-state index >= 15 is 0 Å². The molecule has 2 amide bonds. The van der Waals surface area contributed by atoms with E-state index in [1.165, 1.54) is 24.3 Å². The normalized spacial score (nSPS) is 10.4. The molecular formula is C20H19FN4O4. The number of para-hydroxylation sites is 1. The molecular weight excluding hydrogens is 379 g/mol. The molecule has 0 atom stereocenters. The minimum absolute atomic E-state index is 0.122. The number of benzene rings is 2. The second-order valence-corrected chi connectivity index (χ2v) is 6.09. The van der Waals surface area contributed by atoms with E-state index in [1.54, 1.807) is 6.07 Å². The zero-order valence-corrected chi connectivity index (χ0v) is 15.6. The highest BCUT2D eigenvalue weighted by Gasteiger charge is 2.15. The summed E-state index contributed by atoms with van der Waals surface area (Å²) >= 11 is 0. The molecule has 3 aromatic rings. The maximum Gasteiger partial charge on any atom is 0.316 e. The van der Waals surface area contributed by atoms with Crippen LogP contribution in [0, 0.1) is 12.7 Å². The molecule has 2 aromatic carbocycles. The van der Waals surface area contributed by atoms with Crippen molar-refractivity contribution in [2.24, 2.45) is 0 Å². The lowest BCUT2D eigenvalue weighted by Crippen LogP contribution is -2.36. The fraction of sp³-hybridized carbons (Fsp3) is 0.200. The number of aromatic nitrogens is 2. The van der Waals surface area contributed by atoms with Crippen LogP contribution in [0.4, 0.5) is 4.39 Å². The van der Waals surface area contributed by atoms with Crippen molar-refractivity contribution >= 4 is 11.8 Å². The van der Waals surface area contributed by atoms with E-state index < -0.39 is 5.91 Å². The van der Waals surface area contributed by atoms with Crippen LogP contribution >= 0.6 is 0 Å². The van der Waals surface area contributed by atoms with Gasteiger partial charge in [0.15, 0.2) is 6.61 Å². The lowest BCUT2D eigenvalue weighted by molar-refractivity contribution is -0.123. The lowest BCUT2D eigenvalue weighted by atomic mass is 10.2.